The van der Waals surface area contributed by atoms with Crippen molar-refractivity contribution in [1.82, 2.24) is 10.6 Å². The smallest absolute Gasteiger partial charge is 0.190 e. The summed E-state index contributed by atoms with van der Waals surface area (Å²) in [6, 6.07) is 10.3. The summed E-state index contributed by atoms with van der Waals surface area (Å²) < 4.78 is 17.0. The zero-order valence-corrected chi connectivity index (χ0v) is 16.8. The van der Waals surface area contributed by atoms with Gasteiger partial charge in [-0.2, -0.15) is 0 Å². The summed E-state index contributed by atoms with van der Waals surface area (Å²) in [4.78, 5) is 4.26. The van der Waals surface area contributed by atoms with Crippen LogP contribution in [-0.4, -0.2) is 58.6 Å². The Balaban J connectivity index is 1.46. The summed E-state index contributed by atoms with van der Waals surface area (Å²) in [5, 5.41) is 6.67. The Labute approximate surface area is 163 Å². The van der Waals surface area contributed by atoms with E-state index in [0.29, 0.717) is 25.2 Å². The monoisotopic (exact) mass is 377 g/mol. The van der Waals surface area contributed by atoms with E-state index in [4.69, 9.17) is 14.2 Å². The Kier molecular flexibility index (Phi) is 10.9. The molecule has 0 amide bonds. The van der Waals surface area contributed by atoms with E-state index < -0.39 is 0 Å². The van der Waals surface area contributed by atoms with Crippen LogP contribution in [0.1, 0.15) is 31.7 Å². The number of nitrogens with zero attached hydrogens (tertiary/aromatic N) is 1. The largest absolute Gasteiger partial charge is 0.379 e. The van der Waals surface area contributed by atoms with Crippen molar-refractivity contribution in [3.8, 4) is 0 Å². The van der Waals surface area contributed by atoms with Crippen molar-refractivity contribution in [2.45, 2.75) is 38.9 Å². The average molecular weight is 378 g/mol. The van der Waals surface area contributed by atoms with Crippen molar-refractivity contribution >= 4 is 5.96 Å². The van der Waals surface area contributed by atoms with Crippen LogP contribution in [0.4, 0.5) is 0 Å². The fraction of sp³-hybridized carbons (Fsp3) is 0.667. The normalized spacial score (nSPS) is 18.4. The van der Waals surface area contributed by atoms with Gasteiger partial charge in [-0.05, 0) is 30.7 Å². The van der Waals surface area contributed by atoms with Crippen molar-refractivity contribution < 1.29 is 14.2 Å². The molecule has 1 aliphatic rings. The molecule has 2 atom stereocenters. The van der Waals surface area contributed by atoms with Gasteiger partial charge in [0.1, 0.15) is 0 Å². The number of hydrogen-bond donors (Lipinski definition) is 2. The molecule has 1 aromatic rings. The third kappa shape index (κ3) is 9.75. The molecule has 0 spiro atoms. The minimum absolute atomic E-state index is 0.304. The van der Waals surface area contributed by atoms with Gasteiger partial charge in [0, 0.05) is 33.4 Å². The number of benzene rings is 1. The fourth-order valence-electron chi connectivity index (χ4n) is 2.87. The first kappa shape index (κ1) is 21.7. The van der Waals surface area contributed by atoms with Gasteiger partial charge in [0.2, 0.25) is 0 Å². The van der Waals surface area contributed by atoms with E-state index in [1.54, 1.807) is 7.05 Å². The highest BCUT2D eigenvalue weighted by Crippen LogP contribution is 2.11. The Hall–Kier alpha value is -1.63. The molecule has 1 heterocycles. The first-order valence-corrected chi connectivity index (χ1v) is 10.0. The molecule has 2 N–H and O–H groups in total. The van der Waals surface area contributed by atoms with Gasteiger partial charge < -0.3 is 24.8 Å². The zero-order valence-electron chi connectivity index (χ0n) is 16.8. The minimum atomic E-state index is 0.304. The van der Waals surface area contributed by atoms with Crippen LogP contribution in [0.2, 0.25) is 0 Å². The lowest BCUT2D eigenvalue weighted by Gasteiger charge is -2.16. The van der Waals surface area contributed by atoms with Gasteiger partial charge in [0.25, 0.3) is 0 Å². The standard InChI is InChI=1S/C21H35N3O3/c1-18(15-26-16-19-8-4-3-5-9-19)14-24-21(22-2)23-11-7-12-25-17-20-10-6-13-27-20/h3-5,8-9,18,20H,6-7,10-17H2,1-2H3,(H2,22,23,24). The topological polar surface area (TPSA) is 64.1 Å². The molecule has 2 rings (SSSR count). The van der Waals surface area contributed by atoms with Crippen LogP contribution in [0, 0.1) is 5.92 Å². The molecule has 0 aromatic heterocycles. The third-order valence-electron chi connectivity index (χ3n) is 4.44. The van der Waals surface area contributed by atoms with E-state index in [1.165, 1.54) is 5.56 Å². The van der Waals surface area contributed by atoms with Crippen molar-refractivity contribution in [1.29, 1.82) is 0 Å². The predicted molar refractivity (Wildman–Crippen MR) is 109 cm³/mol. The van der Waals surface area contributed by atoms with Gasteiger partial charge in [-0.3, -0.25) is 4.99 Å². The lowest BCUT2D eigenvalue weighted by molar-refractivity contribution is 0.0168. The third-order valence-corrected chi connectivity index (χ3v) is 4.44. The second-order valence-electron chi connectivity index (χ2n) is 7.05. The average Bonchev–Trinajstić information content (AvgIpc) is 3.21. The van der Waals surface area contributed by atoms with Crippen LogP contribution < -0.4 is 10.6 Å². The van der Waals surface area contributed by atoms with Gasteiger partial charge in [-0.1, -0.05) is 37.3 Å². The number of rotatable bonds is 12. The summed E-state index contributed by atoms with van der Waals surface area (Å²) in [5.41, 5.74) is 1.21. The molecule has 0 bridgehead atoms. The minimum Gasteiger partial charge on any atom is -0.379 e. The molecule has 6 nitrogen and oxygen atoms in total. The molecule has 1 fully saturated rings. The molecule has 152 valence electrons. The molecule has 0 saturated carbocycles. The van der Waals surface area contributed by atoms with Gasteiger partial charge in [0.05, 0.1) is 25.9 Å². The Morgan fingerprint density at radius 3 is 2.85 bits per heavy atom. The van der Waals surface area contributed by atoms with Crippen molar-refractivity contribution in [2.24, 2.45) is 10.9 Å². The molecule has 0 aliphatic carbocycles. The van der Waals surface area contributed by atoms with E-state index >= 15 is 0 Å². The highest BCUT2D eigenvalue weighted by Gasteiger charge is 2.14. The maximum atomic E-state index is 5.79. The van der Waals surface area contributed by atoms with Crippen molar-refractivity contribution in [2.75, 3.05) is 46.6 Å². The van der Waals surface area contributed by atoms with Crippen LogP contribution in [-0.2, 0) is 20.8 Å². The van der Waals surface area contributed by atoms with Crippen molar-refractivity contribution in [3.63, 3.8) is 0 Å². The van der Waals surface area contributed by atoms with E-state index in [-0.39, 0.29) is 0 Å². The lowest BCUT2D eigenvalue weighted by atomic mass is 10.2. The lowest BCUT2D eigenvalue weighted by Crippen LogP contribution is -2.40. The van der Waals surface area contributed by atoms with E-state index in [1.807, 2.05) is 18.2 Å². The first-order valence-electron chi connectivity index (χ1n) is 10.0. The summed E-state index contributed by atoms with van der Waals surface area (Å²) in [6.07, 6.45) is 3.54. The number of nitrogens with one attached hydrogen (secondary N) is 2. The highest BCUT2D eigenvalue weighted by molar-refractivity contribution is 5.79. The van der Waals surface area contributed by atoms with Gasteiger partial charge in [0.15, 0.2) is 5.96 Å². The molecule has 0 radical (unpaired) electrons. The molecular formula is C21H35N3O3. The van der Waals surface area contributed by atoms with Crippen LogP contribution in [0.15, 0.2) is 35.3 Å². The highest BCUT2D eigenvalue weighted by atomic mass is 16.5. The Morgan fingerprint density at radius 1 is 1.26 bits per heavy atom. The molecule has 2 unspecified atom stereocenters. The number of hydrogen-bond acceptors (Lipinski definition) is 4. The Bertz CT molecular complexity index is 519. The Morgan fingerprint density at radius 2 is 2.11 bits per heavy atom. The molecular weight excluding hydrogens is 342 g/mol. The molecule has 1 saturated heterocycles. The van der Waals surface area contributed by atoms with E-state index in [0.717, 1.165) is 58.1 Å². The number of ether oxygens (including phenoxy) is 3. The quantitative estimate of drug-likeness (QED) is 0.333. The van der Waals surface area contributed by atoms with Crippen molar-refractivity contribution in [3.05, 3.63) is 35.9 Å². The van der Waals surface area contributed by atoms with Crippen LogP contribution in [0.3, 0.4) is 0 Å². The molecule has 1 aromatic carbocycles. The molecule has 6 heteroatoms. The first-order chi connectivity index (χ1) is 13.3. The number of aliphatic imine (C=N–C) groups is 1. The summed E-state index contributed by atoms with van der Waals surface area (Å²) in [5.74, 6) is 1.23. The van der Waals surface area contributed by atoms with Gasteiger partial charge in [-0.15, -0.1) is 0 Å². The summed E-state index contributed by atoms with van der Waals surface area (Å²) >= 11 is 0. The summed E-state index contributed by atoms with van der Waals surface area (Å²) in [6.45, 7) is 7.55. The van der Waals surface area contributed by atoms with Gasteiger partial charge in [-0.25, -0.2) is 0 Å². The summed E-state index contributed by atoms with van der Waals surface area (Å²) in [7, 11) is 1.79. The van der Waals surface area contributed by atoms with Crippen LogP contribution >= 0.6 is 0 Å². The van der Waals surface area contributed by atoms with Crippen LogP contribution in [0.25, 0.3) is 0 Å². The second-order valence-corrected chi connectivity index (χ2v) is 7.05. The maximum Gasteiger partial charge on any atom is 0.190 e. The molecule has 27 heavy (non-hydrogen) atoms. The number of guanidine groups is 1. The van der Waals surface area contributed by atoms with Crippen LogP contribution in [0.5, 0.6) is 0 Å². The van der Waals surface area contributed by atoms with E-state index in [2.05, 4.69) is 34.7 Å². The fourth-order valence-corrected chi connectivity index (χ4v) is 2.87. The zero-order chi connectivity index (χ0) is 19.2. The molecule has 1 aliphatic heterocycles. The van der Waals surface area contributed by atoms with E-state index in [9.17, 15) is 0 Å². The predicted octanol–water partition coefficient (Wildman–Crippen LogP) is 2.59. The van der Waals surface area contributed by atoms with Gasteiger partial charge >= 0.3 is 0 Å². The maximum absolute atomic E-state index is 5.79. The SMILES string of the molecule is CN=C(NCCCOCC1CCCO1)NCC(C)COCc1ccccc1. The second kappa shape index (κ2) is 13.5.